The number of carbonyl (C=O) groups excluding carboxylic acids is 2. The quantitative estimate of drug-likeness (QED) is 0.411. The average molecular weight is 483 g/mol. The predicted molar refractivity (Wildman–Crippen MR) is 121 cm³/mol. The highest BCUT2D eigenvalue weighted by Gasteiger charge is 2.24. The Labute approximate surface area is 196 Å². The minimum absolute atomic E-state index is 0.0623. The van der Waals surface area contributed by atoms with E-state index < -0.39 is 46.3 Å². The van der Waals surface area contributed by atoms with Gasteiger partial charge in [-0.3, -0.25) is 19.4 Å². The van der Waals surface area contributed by atoms with E-state index in [9.17, 15) is 27.6 Å². The van der Waals surface area contributed by atoms with Gasteiger partial charge in [0.25, 0.3) is 5.56 Å². The van der Waals surface area contributed by atoms with Crippen molar-refractivity contribution >= 4 is 22.6 Å². The number of pyridine rings is 2. The van der Waals surface area contributed by atoms with E-state index in [1.807, 2.05) is 0 Å². The van der Waals surface area contributed by atoms with Gasteiger partial charge in [0.15, 0.2) is 0 Å². The number of halogens is 3. The van der Waals surface area contributed by atoms with Gasteiger partial charge in [0.2, 0.25) is 11.7 Å². The van der Waals surface area contributed by atoms with Crippen LogP contribution in [0.4, 0.5) is 13.2 Å². The Morgan fingerprint density at radius 1 is 1.11 bits per heavy atom. The molecule has 0 aliphatic rings. The molecular weight excluding hydrogens is 463 g/mol. The molecule has 0 radical (unpaired) electrons. The smallest absolute Gasteiger partial charge is 0.274 e. The molecule has 0 saturated carbocycles. The van der Waals surface area contributed by atoms with Gasteiger partial charge in [0.1, 0.15) is 28.5 Å². The molecule has 0 aliphatic heterocycles. The number of rotatable bonds is 6. The van der Waals surface area contributed by atoms with Crippen LogP contribution >= 0.6 is 0 Å². The summed E-state index contributed by atoms with van der Waals surface area (Å²) in [4.78, 5) is 44.4. The van der Waals surface area contributed by atoms with Crippen LogP contribution in [0.2, 0.25) is 0 Å². The maximum Gasteiger partial charge on any atom is 0.274 e. The van der Waals surface area contributed by atoms with Crippen molar-refractivity contribution < 1.29 is 22.8 Å². The van der Waals surface area contributed by atoms with Crippen molar-refractivity contribution in [2.24, 2.45) is 17.8 Å². The standard InChI is InChI=1S/C24H20F3N5O3/c1-12(30-19-7-13(23(28)34)3-5-31(19)2)11-32-6-4-15-16(10-29-21(15)24(32)35)22(33)20-17(26)8-14(25)9-18(20)27/h3-10,12,29H,11H2,1-2H3,(H2,28,34). The molecule has 4 aromatic rings. The first-order valence-corrected chi connectivity index (χ1v) is 10.5. The van der Waals surface area contributed by atoms with Crippen LogP contribution in [-0.4, -0.2) is 31.9 Å². The predicted octanol–water partition coefficient (Wildman–Crippen LogP) is 2.40. The van der Waals surface area contributed by atoms with Gasteiger partial charge in [-0.05, 0) is 25.1 Å². The lowest BCUT2D eigenvalue weighted by molar-refractivity contribution is 0.0997. The summed E-state index contributed by atoms with van der Waals surface area (Å²) in [6, 6.07) is 5.03. The number of primary amides is 1. The van der Waals surface area contributed by atoms with E-state index in [0.29, 0.717) is 23.2 Å². The summed E-state index contributed by atoms with van der Waals surface area (Å²) in [7, 11) is 1.75. The molecule has 180 valence electrons. The molecule has 8 nitrogen and oxygen atoms in total. The molecule has 0 spiro atoms. The first-order chi connectivity index (χ1) is 16.6. The van der Waals surface area contributed by atoms with Crippen LogP contribution < -0.4 is 16.8 Å². The monoisotopic (exact) mass is 483 g/mol. The topological polar surface area (TPSA) is 115 Å². The molecule has 1 unspecified atom stereocenters. The van der Waals surface area contributed by atoms with Crippen molar-refractivity contribution in [2.45, 2.75) is 19.5 Å². The molecule has 3 aromatic heterocycles. The number of aromatic nitrogens is 3. The van der Waals surface area contributed by atoms with Gasteiger partial charge in [-0.1, -0.05) is 0 Å². The summed E-state index contributed by atoms with van der Waals surface area (Å²) in [6.45, 7) is 1.94. The number of ketones is 1. The Hall–Kier alpha value is -4.41. The van der Waals surface area contributed by atoms with Crippen LogP contribution in [0.1, 0.15) is 33.2 Å². The van der Waals surface area contributed by atoms with Crippen LogP contribution in [0.25, 0.3) is 10.9 Å². The van der Waals surface area contributed by atoms with Crippen LogP contribution in [-0.2, 0) is 13.6 Å². The van der Waals surface area contributed by atoms with E-state index in [1.165, 1.54) is 23.0 Å². The number of fused-ring (bicyclic) bond motifs is 1. The summed E-state index contributed by atoms with van der Waals surface area (Å²) in [5.41, 5.74) is 4.66. The normalized spacial score (nSPS) is 12.8. The third kappa shape index (κ3) is 4.52. The van der Waals surface area contributed by atoms with Gasteiger partial charge >= 0.3 is 0 Å². The molecule has 1 amide bonds. The second-order valence-corrected chi connectivity index (χ2v) is 8.06. The van der Waals surface area contributed by atoms with Crippen LogP contribution in [0.3, 0.4) is 0 Å². The Balaban J connectivity index is 1.67. The van der Waals surface area contributed by atoms with Crippen molar-refractivity contribution in [1.29, 1.82) is 0 Å². The minimum atomic E-state index is -1.33. The van der Waals surface area contributed by atoms with Gasteiger partial charge in [-0.25, -0.2) is 13.2 Å². The molecule has 3 heterocycles. The van der Waals surface area contributed by atoms with E-state index in [1.54, 1.807) is 36.9 Å². The molecule has 1 aromatic carbocycles. The molecule has 0 aliphatic carbocycles. The van der Waals surface area contributed by atoms with E-state index in [2.05, 4.69) is 9.98 Å². The number of carbonyl (C=O) groups is 2. The summed E-state index contributed by atoms with van der Waals surface area (Å²) < 4.78 is 44.5. The molecule has 0 bridgehead atoms. The zero-order valence-corrected chi connectivity index (χ0v) is 18.7. The molecular formula is C24H20F3N5O3. The zero-order valence-electron chi connectivity index (χ0n) is 18.7. The summed E-state index contributed by atoms with van der Waals surface area (Å²) in [5.74, 6) is -5.42. The number of hydrogen-bond donors (Lipinski definition) is 2. The highest BCUT2D eigenvalue weighted by molar-refractivity contribution is 6.16. The second kappa shape index (κ2) is 9.09. The number of nitrogens with two attached hydrogens (primary N) is 1. The molecule has 11 heteroatoms. The van der Waals surface area contributed by atoms with E-state index >= 15 is 0 Å². The largest absolute Gasteiger partial charge is 0.366 e. The molecule has 3 N–H and O–H groups in total. The van der Waals surface area contributed by atoms with E-state index in [-0.39, 0.29) is 23.0 Å². The lowest BCUT2D eigenvalue weighted by Crippen LogP contribution is -2.28. The average Bonchev–Trinajstić information content (AvgIpc) is 3.21. The Kier molecular flexibility index (Phi) is 6.16. The van der Waals surface area contributed by atoms with Crippen molar-refractivity contribution in [3.8, 4) is 0 Å². The first kappa shape index (κ1) is 23.7. The maximum atomic E-state index is 14.1. The third-order valence-corrected chi connectivity index (χ3v) is 5.52. The van der Waals surface area contributed by atoms with Gasteiger partial charge in [0, 0.05) is 60.8 Å². The highest BCUT2D eigenvalue weighted by Crippen LogP contribution is 2.23. The van der Waals surface area contributed by atoms with Gasteiger partial charge in [0.05, 0.1) is 11.6 Å². The number of hydrogen-bond acceptors (Lipinski definition) is 4. The number of aromatic amines is 1. The number of benzene rings is 1. The number of aryl methyl sites for hydroxylation is 1. The zero-order chi connectivity index (χ0) is 25.4. The van der Waals surface area contributed by atoms with Crippen molar-refractivity contribution in [1.82, 2.24) is 14.1 Å². The van der Waals surface area contributed by atoms with Gasteiger partial charge in [-0.2, -0.15) is 0 Å². The number of H-pyrrole nitrogens is 1. The van der Waals surface area contributed by atoms with E-state index in [0.717, 1.165) is 0 Å². The first-order valence-electron chi connectivity index (χ1n) is 10.5. The second-order valence-electron chi connectivity index (χ2n) is 8.06. The van der Waals surface area contributed by atoms with Crippen molar-refractivity contribution in [3.05, 3.63) is 98.9 Å². The lowest BCUT2D eigenvalue weighted by Gasteiger charge is -2.11. The SMILES string of the molecule is CC(Cn1ccc2c(C(=O)c3c(F)cc(F)cc3F)c[nH]c2c1=O)N=c1cc(C(N)=O)ccn1C. The minimum Gasteiger partial charge on any atom is -0.366 e. The summed E-state index contributed by atoms with van der Waals surface area (Å²) >= 11 is 0. The van der Waals surface area contributed by atoms with Crippen LogP contribution in [0.15, 0.2) is 58.7 Å². The number of nitrogens with zero attached hydrogens (tertiary/aromatic N) is 3. The molecule has 35 heavy (non-hydrogen) atoms. The molecule has 0 fully saturated rings. The van der Waals surface area contributed by atoms with Gasteiger partial charge in [-0.15, -0.1) is 0 Å². The van der Waals surface area contributed by atoms with Crippen molar-refractivity contribution in [2.75, 3.05) is 0 Å². The number of amides is 1. The van der Waals surface area contributed by atoms with Gasteiger partial charge < -0.3 is 19.9 Å². The fourth-order valence-electron chi connectivity index (χ4n) is 3.78. The third-order valence-electron chi connectivity index (χ3n) is 5.52. The molecule has 1 atom stereocenters. The fourth-order valence-corrected chi connectivity index (χ4v) is 3.78. The van der Waals surface area contributed by atoms with E-state index in [4.69, 9.17) is 5.73 Å². The molecule has 0 saturated heterocycles. The summed E-state index contributed by atoms with van der Waals surface area (Å²) in [6.07, 6.45) is 4.27. The number of nitrogens with one attached hydrogen (secondary N) is 1. The van der Waals surface area contributed by atoms with Crippen LogP contribution in [0.5, 0.6) is 0 Å². The maximum absolute atomic E-state index is 14.1. The fraction of sp³-hybridized carbons (Fsp3) is 0.167. The Morgan fingerprint density at radius 3 is 2.46 bits per heavy atom. The summed E-state index contributed by atoms with van der Waals surface area (Å²) in [5, 5.41) is 0.171. The van der Waals surface area contributed by atoms with Crippen LogP contribution in [0, 0.1) is 17.5 Å². The lowest BCUT2D eigenvalue weighted by atomic mass is 10.0. The molecule has 4 rings (SSSR count). The highest BCUT2D eigenvalue weighted by atomic mass is 19.1. The Bertz CT molecular complexity index is 1590. The Morgan fingerprint density at radius 2 is 1.80 bits per heavy atom. The van der Waals surface area contributed by atoms with Crippen molar-refractivity contribution in [3.63, 3.8) is 0 Å².